The van der Waals surface area contributed by atoms with Crippen LogP contribution >= 0.6 is 12.4 Å². The molecule has 4 heterocycles. The maximum absolute atomic E-state index is 12.4. The molecule has 0 bridgehead atoms. The fourth-order valence-corrected chi connectivity index (χ4v) is 3.11. The molecule has 0 aromatic carbocycles. The number of hydrogen-bond acceptors (Lipinski definition) is 5. The number of hydrogen-bond donors (Lipinski definition) is 2. The van der Waals surface area contributed by atoms with Gasteiger partial charge < -0.3 is 10.6 Å². The van der Waals surface area contributed by atoms with Crippen molar-refractivity contribution in [2.24, 2.45) is 0 Å². The van der Waals surface area contributed by atoms with Gasteiger partial charge in [0.25, 0.3) is 5.91 Å². The summed E-state index contributed by atoms with van der Waals surface area (Å²) < 4.78 is 3.66. The van der Waals surface area contributed by atoms with Crippen molar-refractivity contribution < 1.29 is 4.79 Å². The van der Waals surface area contributed by atoms with Crippen molar-refractivity contribution in [3.63, 3.8) is 0 Å². The normalized spacial score (nSPS) is 16.5. The second-order valence-electron chi connectivity index (χ2n) is 6.42. The van der Waals surface area contributed by atoms with Crippen molar-refractivity contribution in [3.05, 3.63) is 60.4 Å². The van der Waals surface area contributed by atoms with Gasteiger partial charge in [-0.15, -0.1) is 12.4 Å². The summed E-state index contributed by atoms with van der Waals surface area (Å²) in [6, 6.07) is 5.94. The van der Waals surface area contributed by atoms with Crippen molar-refractivity contribution in [3.8, 4) is 0 Å². The lowest BCUT2D eigenvalue weighted by Gasteiger charge is -2.22. The number of rotatable bonds is 5. The predicted octanol–water partition coefficient (Wildman–Crippen LogP) is 2.12. The third kappa shape index (κ3) is 4.72. The minimum Gasteiger partial charge on any atom is -0.318 e. The van der Waals surface area contributed by atoms with Crippen LogP contribution in [0.25, 0.3) is 0 Å². The number of aromatic nitrogens is 5. The Labute approximate surface area is 163 Å². The number of pyridine rings is 1. The molecule has 3 aromatic heterocycles. The molecule has 1 aliphatic rings. The number of halogens is 1. The van der Waals surface area contributed by atoms with Crippen LogP contribution in [0.1, 0.15) is 34.9 Å². The maximum Gasteiger partial charge on any atom is 0.276 e. The fraction of sp³-hybridized carbons (Fsp3) is 0.333. The van der Waals surface area contributed by atoms with E-state index >= 15 is 0 Å². The second-order valence-corrected chi connectivity index (χ2v) is 6.42. The lowest BCUT2D eigenvalue weighted by molar-refractivity contribution is 0.102. The first-order valence-electron chi connectivity index (χ1n) is 8.76. The highest BCUT2D eigenvalue weighted by molar-refractivity contribution is 6.02. The van der Waals surface area contributed by atoms with Crippen LogP contribution in [-0.2, 0) is 6.54 Å². The number of piperidine rings is 1. The van der Waals surface area contributed by atoms with Crippen LogP contribution in [-0.4, -0.2) is 43.5 Å². The molecule has 8 nitrogen and oxygen atoms in total. The van der Waals surface area contributed by atoms with Gasteiger partial charge in [0.15, 0.2) is 5.69 Å². The zero-order chi connectivity index (χ0) is 17.8. The monoisotopic (exact) mass is 387 g/mol. The van der Waals surface area contributed by atoms with Gasteiger partial charge in [-0.25, -0.2) is 0 Å². The first-order chi connectivity index (χ1) is 12.8. The summed E-state index contributed by atoms with van der Waals surface area (Å²) in [6.07, 6.45) is 11.0. The summed E-state index contributed by atoms with van der Waals surface area (Å²) >= 11 is 0. The number of carbonyl (C=O) groups is 1. The Hall–Kier alpha value is -2.71. The van der Waals surface area contributed by atoms with Crippen LogP contribution in [0.4, 0.5) is 5.69 Å². The van der Waals surface area contributed by atoms with E-state index < -0.39 is 0 Å². The van der Waals surface area contributed by atoms with Crippen LogP contribution in [0.3, 0.4) is 0 Å². The third-order valence-electron chi connectivity index (χ3n) is 4.47. The van der Waals surface area contributed by atoms with Crippen molar-refractivity contribution in [2.45, 2.75) is 25.4 Å². The van der Waals surface area contributed by atoms with Gasteiger partial charge in [0, 0.05) is 31.3 Å². The molecule has 1 saturated heterocycles. The topological polar surface area (TPSA) is 89.7 Å². The molecule has 1 unspecified atom stereocenters. The SMILES string of the molecule is Cl.O=C(Nc1cnn(Cc2ccncc2)c1)c1ccn(C2CCCNC2)n1. The molecule has 1 aliphatic heterocycles. The first-order valence-corrected chi connectivity index (χ1v) is 8.76. The zero-order valence-corrected chi connectivity index (χ0v) is 15.6. The number of anilines is 1. The molecule has 2 N–H and O–H groups in total. The molecule has 0 aliphatic carbocycles. The highest BCUT2D eigenvalue weighted by Crippen LogP contribution is 2.16. The summed E-state index contributed by atoms with van der Waals surface area (Å²) in [7, 11) is 0. The Bertz CT molecular complexity index is 871. The summed E-state index contributed by atoms with van der Waals surface area (Å²) in [6.45, 7) is 2.57. The highest BCUT2D eigenvalue weighted by atomic mass is 35.5. The Balaban J connectivity index is 0.00000210. The smallest absolute Gasteiger partial charge is 0.276 e. The number of nitrogens with one attached hydrogen (secondary N) is 2. The molecule has 1 fully saturated rings. The molecule has 4 rings (SSSR count). The summed E-state index contributed by atoms with van der Waals surface area (Å²) in [4.78, 5) is 16.4. The third-order valence-corrected chi connectivity index (χ3v) is 4.47. The molecule has 27 heavy (non-hydrogen) atoms. The van der Waals surface area contributed by atoms with Crippen molar-refractivity contribution >= 4 is 24.0 Å². The first kappa shape index (κ1) is 19.1. The average molecular weight is 388 g/mol. The van der Waals surface area contributed by atoms with Crippen LogP contribution in [0.5, 0.6) is 0 Å². The minimum absolute atomic E-state index is 0. The molecule has 0 saturated carbocycles. The van der Waals surface area contributed by atoms with E-state index in [9.17, 15) is 4.79 Å². The van der Waals surface area contributed by atoms with E-state index in [1.807, 2.05) is 23.0 Å². The lowest BCUT2D eigenvalue weighted by Crippen LogP contribution is -2.32. The van der Waals surface area contributed by atoms with E-state index in [4.69, 9.17) is 0 Å². The Kier molecular flexibility index (Phi) is 6.20. The van der Waals surface area contributed by atoms with E-state index in [0.29, 0.717) is 24.0 Å². The van der Waals surface area contributed by atoms with Gasteiger partial charge in [-0.1, -0.05) is 0 Å². The van der Waals surface area contributed by atoms with Gasteiger partial charge >= 0.3 is 0 Å². The Morgan fingerprint density at radius 1 is 1.30 bits per heavy atom. The number of nitrogens with zero attached hydrogens (tertiary/aromatic N) is 5. The van der Waals surface area contributed by atoms with Crippen molar-refractivity contribution in [2.75, 3.05) is 18.4 Å². The molecular formula is C18H22ClN7O. The van der Waals surface area contributed by atoms with Gasteiger partial charge in [-0.2, -0.15) is 10.2 Å². The largest absolute Gasteiger partial charge is 0.318 e. The average Bonchev–Trinajstić information content (AvgIpc) is 3.33. The van der Waals surface area contributed by atoms with Crippen LogP contribution < -0.4 is 10.6 Å². The predicted molar refractivity (Wildman–Crippen MR) is 104 cm³/mol. The fourth-order valence-electron chi connectivity index (χ4n) is 3.11. The maximum atomic E-state index is 12.4. The molecule has 3 aromatic rings. The summed E-state index contributed by atoms with van der Waals surface area (Å²) in [5, 5.41) is 14.9. The Morgan fingerprint density at radius 3 is 2.93 bits per heavy atom. The number of amides is 1. The highest BCUT2D eigenvalue weighted by Gasteiger charge is 2.18. The van der Waals surface area contributed by atoms with E-state index in [2.05, 4.69) is 25.8 Å². The minimum atomic E-state index is -0.226. The lowest BCUT2D eigenvalue weighted by atomic mass is 10.1. The summed E-state index contributed by atoms with van der Waals surface area (Å²) in [5.74, 6) is -0.226. The van der Waals surface area contributed by atoms with Crippen LogP contribution in [0, 0.1) is 0 Å². The van der Waals surface area contributed by atoms with Gasteiger partial charge in [0.1, 0.15) is 0 Å². The van der Waals surface area contributed by atoms with E-state index in [0.717, 1.165) is 31.5 Å². The molecular weight excluding hydrogens is 366 g/mol. The molecule has 1 amide bonds. The van der Waals surface area contributed by atoms with Gasteiger partial charge in [-0.3, -0.25) is 19.1 Å². The van der Waals surface area contributed by atoms with E-state index in [-0.39, 0.29) is 18.3 Å². The van der Waals surface area contributed by atoms with Gasteiger partial charge in [-0.05, 0) is 43.1 Å². The van der Waals surface area contributed by atoms with Gasteiger partial charge in [0.05, 0.1) is 24.5 Å². The standard InChI is InChI=1S/C18H21N7O.ClH/c26-18(17-5-9-25(23-17)16-2-1-6-20-11-16)22-15-10-21-24(13-15)12-14-3-7-19-8-4-14;/h3-5,7-10,13,16,20H,1-2,6,11-12H2,(H,22,26);1H. The van der Waals surface area contributed by atoms with Crippen molar-refractivity contribution in [1.82, 2.24) is 29.9 Å². The second kappa shape index (κ2) is 8.79. The van der Waals surface area contributed by atoms with Crippen LogP contribution in [0.15, 0.2) is 49.2 Å². The Morgan fingerprint density at radius 2 is 2.15 bits per heavy atom. The number of carbonyl (C=O) groups excluding carboxylic acids is 1. The quantitative estimate of drug-likeness (QED) is 0.700. The van der Waals surface area contributed by atoms with Crippen molar-refractivity contribution in [1.29, 1.82) is 0 Å². The summed E-state index contributed by atoms with van der Waals surface area (Å²) in [5.41, 5.74) is 2.16. The molecule has 1 atom stereocenters. The molecule has 9 heteroatoms. The molecule has 142 valence electrons. The van der Waals surface area contributed by atoms with E-state index in [1.165, 1.54) is 0 Å². The molecule has 0 spiro atoms. The van der Waals surface area contributed by atoms with Crippen LogP contribution in [0.2, 0.25) is 0 Å². The van der Waals surface area contributed by atoms with E-state index in [1.54, 1.807) is 35.5 Å². The van der Waals surface area contributed by atoms with Gasteiger partial charge in [0.2, 0.25) is 0 Å². The molecule has 0 radical (unpaired) electrons. The zero-order valence-electron chi connectivity index (χ0n) is 14.8.